The van der Waals surface area contributed by atoms with Gasteiger partial charge in [0.2, 0.25) is 5.69 Å². The molecule has 2 nitrogen and oxygen atoms in total. The lowest BCUT2D eigenvalue weighted by atomic mass is 9.96. The standard InChI is InChI=1S/C32H27FNO/c1-19(2)22-15-16-34(4)28(18-22)29-20(3)9-12-25-26-13-14-27(33)30(32(26)35-31(25)29)24-11-10-21-7-5-6-8-23(21)17-24/h5-19H,1-4H3/q+1/i16D,19D. The molecule has 0 amide bonds. The third kappa shape index (κ3) is 3.42. The van der Waals surface area contributed by atoms with Crippen molar-refractivity contribution in [3.8, 4) is 22.4 Å². The summed E-state index contributed by atoms with van der Waals surface area (Å²) in [5, 5.41) is 3.86. The highest BCUT2D eigenvalue weighted by atomic mass is 19.1. The first-order valence-electron chi connectivity index (χ1n) is 12.8. The predicted molar refractivity (Wildman–Crippen MR) is 142 cm³/mol. The van der Waals surface area contributed by atoms with E-state index in [9.17, 15) is 0 Å². The zero-order chi connectivity index (χ0) is 26.1. The van der Waals surface area contributed by atoms with E-state index in [0.29, 0.717) is 22.9 Å². The highest BCUT2D eigenvalue weighted by molar-refractivity contribution is 6.13. The second-order valence-corrected chi connectivity index (χ2v) is 9.41. The number of aromatic nitrogens is 1. The van der Waals surface area contributed by atoms with Gasteiger partial charge in [0.15, 0.2) is 6.17 Å². The monoisotopic (exact) mass is 462 g/mol. The topological polar surface area (TPSA) is 17.0 Å². The van der Waals surface area contributed by atoms with Gasteiger partial charge in [-0.05, 0) is 58.5 Å². The average Bonchev–Trinajstić information content (AvgIpc) is 3.23. The van der Waals surface area contributed by atoms with Crippen LogP contribution in [0.2, 0.25) is 0 Å². The van der Waals surface area contributed by atoms with Gasteiger partial charge in [-0.2, -0.15) is 0 Å². The Morgan fingerprint density at radius 2 is 1.57 bits per heavy atom. The van der Waals surface area contributed by atoms with E-state index in [1.807, 2.05) is 88.5 Å². The lowest BCUT2D eigenvalue weighted by Crippen LogP contribution is -2.31. The molecule has 172 valence electrons. The average molecular weight is 463 g/mol. The number of nitrogens with zero attached hydrogens (tertiary/aromatic N) is 1. The minimum absolute atomic E-state index is 0.309. The summed E-state index contributed by atoms with van der Waals surface area (Å²) in [5.74, 6) is -1.20. The van der Waals surface area contributed by atoms with Gasteiger partial charge in [-0.1, -0.05) is 62.4 Å². The molecule has 6 rings (SSSR count). The fourth-order valence-corrected chi connectivity index (χ4v) is 4.96. The molecule has 0 aliphatic rings. The van der Waals surface area contributed by atoms with Crippen LogP contribution in [0.3, 0.4) is 0 Å². The first-order chi connectivity index (χ1) is 17.6. The van der Waals surface area contributed by atoms with Gasteiger partial charge in [0.1, 0.15) is 25.4 Å². The molecule has 0 spiro atoms. The van der Waals surface area contributed by atoms with Crippen molar-refractivity contribution in [2.75, 3.05) is 0 Å². The number of hydrogen-bond donors (Lipinski definition) is 0. The number of aryl methyl sites for hydroxylation is 1. The van der Waals surface area contributed by atoms with Gasteiger partial charge >= 0.3 is 0 Å². The molecule has 2 aromatic heterocycles. The third-order valence-corrected chi connectivity index (χ3v) is 6.91. The van der Waals surface area contributed by atoms with Crippen LogP contribution >= 0.6 is 0 Å². The highest BCUT2D eigenvalue weighted by Gasteiger charge is 2.24. The minimum atomic E-state index is -0.860. The number of fused-ring (bicyclic) bond motifs is 4. The minimum Gasteiger partial charge on any atom is -0.454 e. The van der Waals surface area contributed by atoms with E-state index in [1.54, 1.807) is 16.7 Å². The maximum Gasteiger partial charge on any atom is 0.216 e. The number of halogens is 1. The summed E-state index contributed by atoms with van der Waals surface area (Å²) in [5.41, 5.74) is 5.72. The summed E-state index contributed by atoms with van der Waals surface area (Å²) in [4.78, 5) is 0. The second kappa shape index (κ2) is 8.06. The van der Waals surface area contributed by atoms with Gasteiger partial charge in [0.05, 0.1) is 11.1 Å². The number of furan rings is 1. The number of benzene rings is 4. The quantitative estimate of drug-likeness (QED) is 0.241. The van der Waals surface area contributed by atoms with Crippen LogP contribution in [0.25, 0.3) is 55.1 Å². The fourth-order valence-electron chi connectivity index (χ4n) is 4.96. The molecule has 4 aromatic carbocycles. The molecule has 0 bridgehead atoms. The van der Waals surface area contributed by atoms with Crippen molar-refractivity contribution in [2.45, 2.75) is 26.7 Å². The Bertz CT molecular complexity index is 1860. The van der Waals surface area contributed by atoms with Gasteiger partial charge in [-0.3, -0.25) is 0 Å². The van der Waals surface area contributed by atoms with Gasteiger partial charge < -0.3 is 4.42 Å². The maximum atomic E-state index is 15.4. The molecule has 0 saturated carbocycles. The van der Waals surface area contributed by atoms with Crippen molar-refractivity contribution in [3.63, 3.8) is 0 Å². The molecule has 0 fully saturated rings. The molecule has 6 aromatic rings. The predicted octanol–water partition coefficient (Wildman–Crippen LogP) is 8.47. The summed E-state index contributed by atoms with van der Waals surface area (Å²) in [6, 6.07) is 25.0. The third-order valence-electron chi connectivity index (χ3n) is 6.91. The zero-order valence-electron chi connectivity index (χ0n) is 22.2. The molecule has 3 heteroatoms. The van der Waals surface area contributed by atoms with Gasteiger partial charge in [0, 0.05) is 24.3 Å². The number of hydrogen-bond acceptors (Lipinski definition) is 1. The van der Waals surface area contributed by atoms with Crippen molar-refractivity contribution in [2.24, 2.45) is 7.05 Å². The van der Waals surface area contributed by atoms with Crippen molar-refractivity contribution >= 4 is 32.7 Å². The maximum absolute atomic E-state index is 15.4. The number of pyridine rings is 1. The molecule has 2 heterocycles. The Morgan fingerprint density at radius 3 is 2.34 bits per heavy atom. The second-order valence-electron chi connectivity index (χ2n) is 9.41. The van der Waals surface area contributed by atoms with Crippen LogP contribution in [0.15, 0.2) is 89.5 Å². The summed E-state index contributed by atoms with van der Waals surface area (Å²) < 4.78 is 40.9. The highest BCUT2D eigenvalue weighted by Crippen LogP contribution is 2.42. The summed E-state index contributed by atoms with van der Waals surface area (Å²) in [6.45, 7) is 5.65. The molecule has 0 aliphatic heterocycles. The fraction of sp³-hybridized carbons (Fsp3) is 0.156. The largest absolute Gasteiger partial charge is 0.454 e. The first kappa shape index (κ1) is 19.3. The molecule has 35 heavy (non-hydrogen) atoms. The molecular weight excluding hydrogens is 433 g/mol. The van der Waals surface area contributed by atoms with E-state index in [-0.39, 0.29) is 5.82 Å². The Labute approximate surface area is 207 Å². The van der Waals surface area contributed by atoms with Crippen LogP contribution in [-0.4, -0.2) is 0 Å². The van der Waals surface area contributed by atoms with Crippen molar-refractivity contribution in [1.82, 2.24) is 0 Å². The van der Waals surface area contributed by atoms with E-state index >= 15 is 4.39 Å². The summed E-state index contributed by atoms with van der Waals surface area (Å²) in [7, 11) is 1.85. The molecule has 0 saturated heterocycles. The van der Waals surface area contributed by atoms with Gasteiger partial charge in [-0.25, -0.2) is 8.96 Å². The van der Waals surface area contributed by atoms with E-state index in [1.165, 1.54) is 6.07 Å². The van der Waals surface area contributed by atoms with Gasteiger partial charge in [0.25, 0.3) is 0 Å². The van der Waals surface area contributed by atoms with Crippen LogP contribution in [0.4, 0.5) is 4.39 Å². The van der Waals surface area contributed by atoms with E-state index in [0.717, 1.165) is 49.5 Å². The lowest BCUT2D eigenvalue weighted by molar-refractivity contribution is -0.660. The molecule has 0 aliphatic carbocycles. The Kier molecular flexibility index (Phi) is 4.45. The molecule has 0 unspecified atom stereocenters. The Hall–Kier alpha value is -3.98. The van der Waals surface area contributed by atoms with Crippen LogP contribution < -0.4 is 4.57 Å². The Balaban J connectivity index is 1.68. The first-order valence-corrected chi connectivity index (χ1v) is 11.8. The SMILES string of the molecule is [2H]c1cc(C([2H])(C)C)cc(-c2c(C)ccc3c2oc2c(-c4ccc5ccccc5c4)c(F)ccc23)[n+]1C. The molecule has 0 radical (unpaired) electrons. The van der Waals surface area contributed by atoms with Crippen molar-refractivity contribution in [3.05, 3.63) is 102 Å². The summed E-state index contributed by atoms with van der Waals surface area (Å²) >= 11 is 0. The smallest absolute Gasteiger partial charge is 0.216 e. The van der Waals surface area contributed by atoms with Crippen molar-refractivity contribution in [1.29, 1.82) is 0 Å². The van der Waals surface area contributed by atoms with Crippen LogP contribution in [0.1, 0.15) is 33.6 Å². The van der Waals surface area contributed by atoms with Crippen LogP contribution in [0, 0.1) is 12.7 Å². The molecule has 0 N–H and O–H groups in total. The lowest BCUT2D eigenvalue weighted by Gasteiger charge is -2.09. The van der Waals surface area contributed by atoms with E-state index < -0.39 is 5.89 Å². The van der Waals surface area contributed by atoms with Crippen molar-refractivity contribution < 1.29 is 16.1 Å². The van der Waals surface area contributed by atoms with E-state index in [2.05, 4.69) is 0 Å². The number of rotatable bonds is 3. The zero-order valence-corrected chi connectivity index (χ0v) is 20.2. The molecule has 0 atom stereocenters. The normalized spacial score (nSPS) is 12.9. The van der Waals surface area contributed by atoms with Crippen LogP contribution in [-0.2, 0) is 7.05 Å². The van der Waals surface area contributed by atoms with Gasteiger partial charge in [-0.15, -0.1) is 0 Å². The molecular formula is C32H27FNO+. The van der Waals surface area contributed by atoms with E-state index in [4.69, 9.17) is 7.16 Å². The summed E-state index contributed by atoms with van der Waals surface area (Å²) in [6.07, 6.45) is 0.309. The van der Waals surface area contributed by atoms with Crippen LogP contribution in [0.5, 0.6) is 0 Å². The Morgan fingerprint density at radius 1 is 0.857 bits per heavy atom.